The van der Waals surface area contributed by atoms with E-state index in [2.05, 4.69) is 57.3 Å². The third kappa shape index (κ3) is 4.93. The van der Waals surface area contributed by atoms with Gasteiger partial charge in [-0.2, -0.15) is 0 Å². The fourth-order valence-electron chi connectivity index (χ4n) is 1.05. The van der Waals surface area contributed by atoms with E-state index in [1.54, 1.807) is 0 Å². The number of ether oxygens (including phenoxy) is 1. The molecule has 0 spiro atoms. The van der Waals surface area contributed by atoms with Crippen LogP contribution < -0.4 is 0 Å². The lowest BCUT2D eigenvalue weighted by Gasteiger charge is -2.10. The first-order chi connectivity index (χ1) is 6.86. The minimum absolute atomic E-state index is 0.694. The number of hydrogen-bond acceptors (Lipinski definition) is 1. The van der Waals surface area contributed by atoms with E-state index >= 15 is 0 Å². The van der Waals surface area contributed by atoms with Crippen molar-refractivity contribution >= 4 is 45.2 Å². The molecule has 0 aliphatic heterocycles. The lowest BCUT2D eigenvalue weighted by molar-refractivity contribution is 0.101. The Bertz CT molecular complexity index is 234. The Hall–Kier alpha value is 0.640. The van der Waals surface area contributed by atoms with E-state index < -0.39 is 0 Å². The highest BCUT2D eigenvalue weighted by molar-refractivity contribution is 14.1. The van der Waals surface area contributed by atoms with E-state index in [1.165, 1.54) is 14.4 Å². The van der Waals surface area contributed by atoms with Crippen LogP contribution in [0.1, 0.15) is 5.56 Å². The van der Waals surface area contributed by atoms with Crippen molar-refractivity contribution in [2.45, 2.75) is 6.61 Å². The molecule has 0 radical (unpaired) electrons. The second-order valence-electron chi connectivity index (χ2n) is 3.18. The van der Waals surface area contributed by atoms with E-state index in [-0.39, 0.29) is 0 Å². The predicted octanol–water partition coefficient (Wildman–Crippen LogP) is 3.69. The Balaban J connectivity index is 2.21. The summed E-state index contributed by atoms with van der Waals surface area (Å²) in [5.41, 5.74) is 1.26. The maximum absolute atomic E-state index is 5.65. The fraction of sp³-hybridized carbons (Fsp3) is 0.455. The van der Waals surface area contributed by atoms with Crippen molar-refractivity contribution in [2.75, 3.05) is 15.5 Å². The average molecular weight is 416 g/mol. The van der Waals surface area contributed by atoms with Crippen molar-refractivity contribution in [2.24, 2.45) is 5.92 Å². The lowest BCUT2D eigenvalue weighted by atomic mass is 10.2. The van der Waals surface area contributed by atoms with Gasteiger partial charge in [0.05, 0.1) is 13.2 Å². The van der Waals surface area contributed by atoms with E-state index in [4.69, 9.17) is 4.74 Å². The average Bonchev–Trinajstić information content (AvgIpc) is 2.26. The van der Waals surface area contributed by atoms with Gasteiger partial charge in [-0.1, -0.05) is 75.5 Å². The number of hydrogen-bond donors (Lipinski definition) is 0. The summed E-state index contributed by atoms with van der Waals surface area (Å²) in [6, 6.07) is 10.3. The molecule has 3 heteroatoms. The summed E-state index contributed by atoms with van der Waals surface area (Å²) in [6.45, 7) is 1.62. The predicted molar refractivity (Wildman–Crippen MR) is 77.4 cm³/mol. The summed E-state index contributed by atoms with van der Waals surface area (Å²) in [5.74, 6) is 0.694. The molecule has 0 aliphatic rings. The van der Waals surface area contributed by atoms with Gasteiger partial charge in [-0.3, -0.25) is 0 Å². The highest BCUT2D eigenvalue weighted by Crippen LogP contribution is 2.08. The molecular formula is C11H14I2O. The summed E-state index contributed by atoms with van der Waals surface area (Å²) in [7, 11) is 0. The van der Waals surface area contributed by atoms with Gasteiger partial charge in [-0.15, -0.1) is 0 Å². The van der Waals surface area contributed by atoms with E-state index in [9.17, 15) is 0 Å². The third-order valence-electron chi connectivity index (χ3n) is 1.90. The van der Waals surface area contributed by atoms with E-state index in [0.29, 0.717) is 5.92 Å². The lowest BCUT2D eigenvalue weighted by Crippen LogP contribution is -2.12. The minimum atomic E-state index is 0.694. The molecule has 0 bridgehead atoms. The smallest absolute Gasteiger partial charge is 0.0717 e. The number of benzene rings is 1. The Morgan fingerprint density at radius 3 is 2.29 bits per heavy atom. The number of halogens is 2. The minimum Gasteiger partial charge on any atom is -0.376 e. The van der Waals surface area contributed by atoms with Crippen molar-refractivity contribution < 1.29 is 4.74 Å². The Labute approximate surface area is 113 Å². The third-order valence-corrected chi connectivity index (χ3v) is 4.39. The molecule has 0 fully saturated rings. The SMILES string of the molecule is ICC(CI)COCc1ccccc1. The molecule has 0 heterocycles. The molecule has 1 nitrogen and oxygen atoms in total. The van der Waals surface area contributed by atoms with Crippen molar-refractivity contribution in [3.8, 4) is 0 Å². The Morgan fingerprint density at radius 2 is 1.71 bits per heavy atom. The first-order valence-electron chi connectivity index (χ1n) is 4.60. The molecule has 0 N–H and O–H groups in total. The van der Waals surface area contributed by atoms with Crippen LogP contribution in [0.25, 0.3) is 0 Å². The van der Waals surface area contributed by atoms with Gasteiger partial charge in [0.25, 0.3) is 0 Å². The van der Waals surface area contributed by atoms with Gasteiger partial charge in [-0.05, 0) is 5.56 Å². The van der Waals surface area contributed by atoms with Crippen LogP contribution in [-0.2, 0) is 11.3 Å². The fourth-order valence-corrected chi connectivity index (χ4v) is 3.37. The molecule has 0 saturated carbocycles. The molecule has 0 saturated heterocycles. The largest absolute Gasteiger partial charge is 0.376 e. The van der Waals surface area contributed by atoms with Crippen molar-refractivity contribution in [1.82, 2.24) is 0 Å². The van der Waals surface area contributed by atoms with Crippen molar-refractivity contribution in [3.63, 3.8) is 0 Å². The summed E-state index contributed by atoms with van der Waals surface area (Å²) >= 11 is 4.84. The van der Waals surface area contributed by atoms with E-state index in [1.807, 2.05) is 18.2 Å². The number of alkyl halides is 2. The Kier molecular flexibility index (Phi) is 7.14. The summed E-state index contributed by atoms with van der Waals surface area (Å²) in [4.78, 5) is 0. The molecule has 1 rings (SSSR count). The zero-order chi connectivity index (χ0) is 10.2. The summed E-state index contributed by atoms with van der Waals surface area (Å²) in [5, 5.41) is 0. The highest BCUT2D eigenvalue weighted by atomic mass is 127. The summed E-state index contributed by atoms with van der Waals surface area (Å²) in [6.07, 6.45) is 0. The van der Waals surface area contributed by atoms with Crippen molar-refractivity contribution in [1.29, 1.82) is 0 Å². The van der Waals surface area contributed by atoms with Crippen LogP contribution in [0.5, 0.6) is 0 Å². The van der Waals surface area contributed by atoms with Crippen LogP contribution >= 0.6 is 45.2 Å². The molecule has 14 heavy (non-hydrogen) atoms. The van der Waals surface area contributed by atoms with Crippen molar-refractivity contribution in [3.05, 3.63) is 35.9 Å². The van der Waals surface area contributed by atoms with Crippen LogP contribution in [0.15, 0.2) is 30.3 Å². The second kappa shape index (κ2) is 7.87. The highest BCUT2D eigenvalue weighted by Gasteiger charge is 2.04. The van der Waals surface area contributed by atoms with Gasteiger partial charge < -0.3 is 4.74 Å². The van der Waals surface area contributed by atoms with Gasteiger partial charge >= 0.3 is 0 Å². The van der Waals surface area contributed by atoms with Gasteiger partial charge in [0.1, 0.15) is 0 Å². The van der Waals surface area contributed by atoms with Gasteiger partial charge in [0.15, 0.2) is 0 Å². The normalized spacial score (nSPS) is 10.8. The zero-order valence-electron chi connectivity index (χ0n) is 7.96. The van der Waals surface area contributed by atoms with Gasteiger partial charge in [-0.25, -0.2) is 0 Å². The molecular weight excluding hydrogens is 402 g/mol. The van der Waals surface area contributed by atoms with Crippen LogP contribution in [0, 0.1) is 5.92 Å². The zero-order valence-corrected chi connectivity index (χ0v) is 12.3. The molecule has 0 atom stereocenters. The van der Waals surface area contributed by atoms with Gasteiger partial charge in [0, 0.05) is 14.8 Å². The summed E-state index contributed by atoms with van der Waals surface area (Å²) < 4.78 is 8.01. The topological polar surface area (TPSA) is 9.23 Å². The standard InChI is InChI=1S/C11H14I2O/c12-6-11(7-13)9-14-8-10-4-2-1-3-5-10/h1-5,11H,6-9H2. The molecule has 0 unspecified atom stereocenters. The van der Waals surface area contributed by atoms with Crippen LogP contribution in [-0.4, -0.2) is 15.5 Å². The molecule has 0 aromatic heterocycles. The molecule has 78 valence electrons. The molecule has 1 aromatic carbocycles. The first kappa shape index (κ1) is 12.7. The maximum atomic E-state index is 5.65. The molecule has 0 amide bonds. The van der Waals surface area contributed by atoms with Crippen LogP contribution in [0.2, 0.25) is 0 Å². The quantitative estimate of drug-likeness (QED) is 0.508. The molecule has 1 aromatic rings. The monoisotopic (exact) mass is 416 g/mol. The van der Waals surface area contributed by atoms with Crippen LogP contribution in [0.4, 0.5) is 0 Å². The van der Waals surface area contributed by atoms with Gasteiger partial charge in [0.2, 0.25) is 0 Å². The van der Waals surface area contributed by atoms with E-state index in [0.717, 1.165) is 13.2 Å². The Morgan fingerprint density at radius 1 is 1.07 bits per heavy atom. The number of rotatable bonds is 6. The maximum Gasteiger partial charge on any atom is 0.0717 e. The first-order valence-corrected chi connectivity index (χ1v) is 7.65. The van der Waals surface area contributed by atoms with Crippen LogP contribution in [0.3, 0.4) is 0 Å². The molecule has 0 aliphatic carbocycles. The second-order valence-corrected chi connectivity index (χ2v) is 4.94.